The van der Waals surface area contributed by atoms with E-state index >= 15 is 0 Å². The minimum absolute atomic E-state index is 0.0178. The first-order chi connectivity index (χ1) is 11.1. The van der Waals surface area contributed by atoms with Gasteiger partial charge in [-0.1, -0.05) is 43.1 Å². The molecule has 0 bridgehead atoms. The van der Waals surface area contributed by atoms with Crippen molar-refractivity contribution in [3.63, 3.8) is 0 Å². The molecule has 0 radical (unpaired) electrons. The molecule has 1 saturated carbocycles. The lowest BCUT2D eigenvalue weighted by Crippen LogP contribution is -2.51. The maximum atomic E-state index is 12.7. The van der Waals surface area contributed by atoms with E-state index in [1.807, 2.05) is 6.92 Å². The molecule has 2 rings (SSSR count). The van der Waals surface area contributed by atoms with E-state index in [4.69, 9.17) is 23.2 Å². The summed E-state index contributed by atoms with van der Waals surface area (Å²) in [7, 11) is -4.03. The molecule has 134 valence electrons. The van der Waals surface area contributed by atoms with Gasteiger partial charge < -0.3 is 5.32 Å². The van der Waals surface area contributed by atoms with Crippen LogP contribution in [-0.4, -0.2) is 26.4 Å². The Labute approximate surface area is 153 Å². The second kappa shape index (κ2) is 7.60. The largest absolute Gasteiger partial charge is 0.352 e. The van der Waals surface area contributed by atoms with Gasteiger partial charge in [0.25, 0.3) is 0 Å². The molecule has 0 unspecified atom stereocenters. The van der Waals surface area contributed by atoms with Gasteiger partial charge >= 0.3 is 0 Å². The van der Waals surface area contributed by atoms with Crippen LogP contribution >= 0.6 is 23.2 Å². The Hall–Kier alpha value is -0.820. The normalized spacial score (nSPS) is 17.6. The van der Waals surface area contributed by atoms with Gasteiger partial charge in [-0.05, 0) is 43.7 Å². The van der Waals surface area contributed by atoms with Crippen LogP contribution in [0.15, 0.2) is 23.1 Å². The molecule has 0 heterocycles. The summed E-state index contributed by atoms with van der Waals surface area (Å²) in [4.78, 5) is 12.3. The highest BCUT2D eigenvalue weighted by molar-refractivity contribution is 7.89. The van der Waals surface area contributed by atoms with Crippen molar-refractivity contribution < 1.29 is 13.2 Å². The number of carbonyl (C=O) groups excluding carboxylic acids is 1. The Morgan fingerprint density at radius 3 is 2.17 bits per heavy atom. The van der Waals surface area contributed by atoms with Gasteiger partial charge in [0, 0.05) is 6.04 Å². The van der Waals surface area contributed by atoms with Crippen LogP contribution in [0.4, 0.5) is 0 Å². The third-order valence-electron chi connectivity index (χ3n) is 4.12. The number of hydrogen-bond acceptors (Lipinski definition) is 3. The van der Waals surface area contributed by atoms with Gasteiger partial charge in [-0.2, -0.15) is 4.72 Å². The van der Waals surface area contributed by atoms with E-state index in [0.29, 0.717) is 5.92 Å². The zero-order valence-electron chi connectivity index (χ0n) is 13.8. The van der Waals surface area contributed by atoms with E-state index in [9.17, 15) is 13.2 Å². The molecule has 1 fully saturated rings. The molecule has 5 nitrogen and oxygen atoms in total. The van der Waals surface area contributed by atoms with Gasteiger partial charge in [0.2, 0.25) is 15.9 Å². The van der Waals surface area contributed by atoms with Crippen LogP contribution in [0.1, 0.15) is 33.6 Å². The summed E-state index contributed by atoms with van der Waals surface area (Å²) in [6.45, 7) is 5.50. The van der Waals surface area contributed by atoms with Crippen molar-refractivity contribution in [2.45, 2.75) is 50.6 Å². The molecular formula is C16H22Cl2N2O3S. The van der Waals surface area contributed by atoms with Crippen molar-refractivity contribution in [1.82, 2.24) is 10.0 Å². The average Bonchev–Trinajstić information content (AvgIpc) is 3.28. The highest BCUT2D eigenvalue weighted by atomic mass is 35.5. The van der Waals surface area contributed by atoms with Gasteiger partial charge in [0.1, 0.15) is 10.9 Å². The van der Waals surface area contributed by atoms with E-state index in [2.05, 4.69) is 10.0 Å². The predicted octanol–water partition coefficient (Wildman–Crippen LogP) is 3.21. The fraction of sp³-hybridized carbons (Fsp3) is 0.562. The average molecular weight is 393 g/mol. The number of benzene rings is 1. The standard InChI is InChI=1S/C16H22Cl2N2O3S/c1-9(2)14(16(21)19-10(3)11-7-8-11)20-24(22,23)15-12(17)5-4-6-13(15)18/h4-6,9-11,14,20H,7-8H2,1-3H3,(H,19,21)/t10-,14-/m0/s1. The number of nitrogens with one attached hydrogen (secondary N) is 2. The summed E-state index contributed by atoms with van der Waals surface area (Å²) < 4.78 is 27.8. The van der Waals surface area contributed by atoms with Gasteiger partial charge in [-0.25, -0.2) is 8.42 Å². The van der Waals surface area contributed by atoms with Gasteiger partial charge in [0.15, 0.2) is 0 Å². The molecule has 2 N–H and O–H groups in total. The Kier molecular flexibility index (Phi) is 6.18. The molecule has 0 saturated heterocycles. The quantitative estimate of drug-likeness (QED) is 0.747. The molecule has 8 heteroatoms. The number of amides is 1. The first kappa shape index (κ1) is 19.5. The number of halogens is 2. The number of sulfonamides is 1. The molecule has 0 aliphatic heterocycles. The lowest BCUT2D eigenvalue weighted by atomic mass is 10.0. The number of rotatable bonds is 7. The molecule has 0 aromatic heterocycles. The van der Waals surface area contributed by atoms with Crippen LogP contribution in [-0.2, 0) is 14.8 Å². The van der Waals surface area contributed by atoms with Crippen LogP contribution < -0.4 is 10.0 Å². The second-order valence-corrected chi connectivity index (χ2v) is 8.99. The van der Waals surface area contributed by atoms with Crippen molar-refractivity contribution in [2.24, 2.45) is 11.8 Å². The maximum Gasteiger partial charge on any atom is 0.244 e. The molecular weight excluding hydrogens is 371 g/mol. The summed E-state index contributed by atoms with van der Waals surface area (Å²) in [6.07, 6.45) is 2.18. The number of hydrogen-bond donors (Lipinski definition) is 2. The molecule has 0 spiro atoms. The van der Waals surface area contributed by atoms with Crippen molar-refractivity contribution in [3.05, 3.63) is 28.2 Å². The Morgan fingerprint density at radius 2 is 1.71 bits per heavy atom. The van der Waals surface area contributed by atoms with Crippen LogP contribution in [0.5, 0.6) is 0 Å². The Bertz CT molecular complexity index is 698. The maximum absolute atomic E-state index is 12.7. The summed E-state index contributed by atoms with van der Waals surface area (Å²) in [5.74, 6) is -0.0834. The summed E-state index contributed by atoms with van der Waals surface area (Å²) in [6, 6.07) is 3.59. The molecule has 1 aliphatic rings. The predicted molar refractivity (Wildman–Crippen MR) is 95.7 cm³/mol. The van der Waals surface area contributed by atoms with E-state index in [1.54, 1.807) is 19.9 Å². The fourth-order valence-electron chi connectivity index (χ4n) is 2.49. The van der Waals surface area contributed by atoms with E-state index in [0.717, 1.165) is 12.8 Å². The molecule has 1 aromatic rings. The highest BCUT2D eigenvalue weighted by Gasteiger charge is 2.34. The van der Waals surface area contributed by atoms with E-state index in [1.165, 1.54) is 12.1 Å². The van der Waals surface area contributed by atoms with E-state index < -0.39 is 16.1 Å². The smallest absolute Gasteiger partial charge is 0.244 e. The molecule has 1 amide bonds. The van der Waals surface area contributed by atoms with Gasteiger partial charge in [0.05, 0.1) is 10.0 Å². The first-order valence-corrected chi connectivity index (χ1v) is 10.1. The zero-order chi connectivity index (χ0) is 18.1. The lowest BCUT2D eigenvalue weighted by Gasteiger charge is -2.24. The molecule has 1 aromatic carbocycles. The zero-order valence-corrected chi connectivity index (χ0v) is 16.2. The SMILES string of the molecule is CC(C)[C@H](NS(=O)(=O)c1c(Cl)cccc1Cl)C(=O)N[C@@H](C)C1CC1. The minimum atomic E-state index is -4.03. The topological polar surface area (TPSA) is 75.3 Å². The van der Waals surface area contributed by atoms with Crippen LogP contribution in [0.25, 0.3) is 0 Å². The monoisotopic (exact) mass is 392 g/mol. The van der Waals surface area contributed by atoms with Crippen LogP contribution in [0.2, 0.25) is 10.0 Å². The summed E-state index contributed by atoms with van der Waals surface area (Å²) >= 11 is 12.0. The molecule has 1 aliphatic carbocycles. The van der Waals surface area contributed by atoms with Crippen LogP contribution in [0, 0.1) is 11.8 Å². The number of carbonyl (C=O) groups is 1. The fourth-order valence-corrected chi connectivity index (χ4v) is 4.97. The van der Waals surface area contributed by atoms with Crippen molar-refractivity contribution in [3.8, 4) is 0 Å². The molecule has 2 atom stereocenters. The van der Waals surface area contributed by atoms with E-state index in [-0.39, 0.29) is 32.8 Å². The highest BCUT2D eigenvalue weighted by Crippen LogP contribution is 2.32. The second-order valence-electron chi connectivity index (χ2n) is 6.53. The van der Waals surface area contributed by atoms with Gasteiger partial charge in [-0.3, -0.25) is 4.79 Å². The summed E-state index contributed by atoms with van der Waals surface area (Å²) in [5, 5.41) is 2.93. The third kappa shape index (κ3) is 4.63. The Balaban J connectivity index is 2.21. The minimum Gasteiger partial charge on any atom is -0.352 e. The first-order valence-electron chi connectivity index (χ1n) is 7.90. The third-order valence-corrected chi connectivity index (χ3v) is 6.51. The van der Waals surface area contributed by atoms with Crippen molar-refractivity contribution in [1.29, 1.82) is 0 Å². The summed E-state index contributed by atoms with van der Waals surface area (Å²) in [5.41, 5.74) is 0. The van der Waals surface area contributed by atoms with Crippen molar-refractivity contribution in [2.75, 3.05) is 0 Å². The van der Waals surface area contributed by atoms with Crippen LogP contribution in [0.3, 0.4) is 0 Å². The molecule has 24 heavy (non-hydrogen) atoms. The Morgan fingerprint density at radius 1 is 1.17 bits per heavy atom. The lowest BCUT2D eigenvalue weighted by molar-refractivity contribution is -0.124. The van der Waals surface area contributed by atoms with Crippen molar-refractivity contribution >= 4 is 39.1 Å². The van der Waals surface area contributed by atoms with Gasteiger partial charge in [-0.15, -0.1) is 0 Å².